The molecule has 5 heteroatoms. The van der Waals surface area contributed by atoms with Gasteiger partial charge >= 0.3 is 5.97 Å². The van der Waals surface area contributed by atoms with Crippen LogP contribution >= 0.6 is 0 Å². The van der Waals surface area contributed by atoms with E-state index in [9.17, 15) is 9.59 Å². The van der Waals surface area contributed by atoms with Crippen molar-refractivity contribution in [2.75, 3.05) is 18.5 Å². The standard InChI is InChI=1S/C16H21NO4/c1-10-3-4-13(16(19)20)9-14(10)17-15(18)11(2)12-5-7-21-8-6-12/h3-4,9,11-12H,5-8H2,1-2H3,(H,17,18)(H,19,20). The van der Waals surface area contributed by atoms with Crippen LogP contribution in [0.1, 0.15) is 35.7 Å². The van der Waals surface area contributed by atoms with Crippen molar-refractivity contribution in [2.45, 2.75) is 26.7 Å². The van der Waals surface area contributed by atoms with Gasteiger partial charge in [0.2, 0.25) is 5.91 Å². The summed E-state index contributed by atoms with van der Waals surface area (Å²) in [4.78, 5) is 23.4. The molecule has 1 saturated heterocycles. The van der Waals surface area contributed by atoms with Crippen LogP contribution in [-0.4, -0.2) is 30.2 Å². The summed E-state index contributed by atoms with van der Waals surface area (Å²) in [6.45, 7) is 5.17. The van der Waals surface area contributed by atoms with Crippen molar-refractivity contribution in [3.8, 4) is 0 Å². The topological polar surface area (TPSA) is 75.6 Å². The van der Waals surface area contributed by atoms with E-state index in [1.807, 2.05) is 13.8 Å². The van der Waals surface area contributed by atoms with E-state index in [-0.39, 0.29) is 17.4 Å². The number of carboxylic acid groups (broad SMARTS) is 1. The molecule has 21 heavy (non-hydrogen) atoms. The fraction of sp³-hybridized carbons (Fsp3) is 0.500. The molecule has 0 spiro atoms. The van der Waals surface area contributed by atoms with Crippen LogP contribution in [0.3, 0.4) is 0 Å². The van der Waals surface area contributed by atoms with Gasteiger partial charge in [-0.2, -0.15) is 0 Å². The minimum atomic E-state index is -0.997. The lowest BCUT2D eigenvalue weighted by Gasteiger charge is -2.27. The monoisotopic (exact) mass is 291 g/mol. The second-order valence-electron chi connectivity index (χ2n) is 5.56. The minimum absolute atomic E-state index is 0.0625. The first-order chi connectivity index (χ1) is 9.99. The van der Waals surface area contributed by atoms with Crippen LogP contribution in [0.4, 0.5) is 5.69 Å². The highest BCUT2D eigenvalue weighted by atomic mass is 16.5. The number of carbonyl (C=O) groups excluding carboxylic acids is 1. The van der Waals surface area contributed by atoms with Gasteiger partial charge in [-0.25, -0.2) is 4.79 Å². The van der Waals surface area contributed by atoms with Crippen LogP contribution in [0.5, 0.6) is 0 Å². The molecule has 1 fully saturated rings. The number of hydrogen-bond acceptors (Lipinski definition) is 3. The highest BCUT2D eigenvalue weighted by molar-refractivity contribution is 5.95. The van der Waals surface area contributed by atoms with Gasteiger partial charge in [-0.1, -0.05) is 13.0 Å². The van der Waals surface area contributed by atoms with Gasteiger partial charge < -0.3 is 15.2 Å². The van der Waals surface area contributed by atoms with Crippen molar-refractivity contribution in [2.24, 2.45) is 11.8 Å². The third kappa shape index (κ3) is 3.82. The Morgan fingerprint density at radius 1 is 1.33 bits per heavy atom. The highest BCUT2D eigenvalue weighted by Gasteiger charge is 2.26. The predicted octanol–water partition coefficient (Wildman–Crippen LogP) is 2.69. The van der Waals surface area contributed by atoms with Gasteiger partial charge in [0.1, 0.15) is 0 Å². The molecule has 0 bridgehead atoms. The largest absolute Gasteiger partial charge is 0.478 e. The van der Waals surface area contributed by atoms with Crippen molar-refractivity contribution < 1.29 is 19.4 Å². The van der Waals surface area contributed by atoms with Crippen molar-refractivity contribution in [1.82, 2.24) is 0 Å². The van der Waals surface area contributed by atoms with Crippen LogP contribution in [-0.2, 0) is 9.53 Å². The van der Waals surface area contributed by atoms with E-state index in [4.69, 9.17) is 9.84 Å². The van der Waals surface area contributed by atoms with Gasteiger partial charge in [-0.3, -0.25) is 4.79 Å². The molecule has 1 aromatic carbocycles. The van der Waals surface area contributed by atoms with Crippen LogP contribution in [0.2, 0.25) is 0 Å². The third-order valence-corrected chi connectivity index (χ3v) is 4.13. The average molecular weight is 291 g/mol. The Bertz CT molecular complexity index is 535. The second kappa shape index (κ2) is 6.72. The molecule has 1 amide bonds. The number of ether oxygens (including phenoxy) is 1. The summed E-state index contributed by atoms with van der Waals surface area (Å²) in [6, 6.07) is 4.75. The molecule has 0 saturated carbocycles. The molecule has 1 aliphatic rings. The van der Waals surface area contributed by atoms with E-state index in [0.29, 0.717) is 24.8 Å². The first kappa shape index (κ1) is 15.5. The lowest BCUT2D eigenvalue weighted by Crippen LogP contribution is -2.31. The highest BCUT2D eigenvalue weighted by Crippen LogP contribution is 2.25. The lowest BCUT2D eigenvalue weighted by atomic mass is 9.86. The molecule has 5 nitrogen and oxygen atoms in total. The molecule has 2 rings (SSSR count). The maximum atomic E-state index is 12.3. The van der Waals surface area contributed by atoms with E-state index in [0.717, 1.165) is 18.4 Å². The normalized spacial score (nSPS) is 17.2. The Kier molecular flexibility index (Phi) is 4.96. The molecule has 1 heterocycles. The van der Waals surface area contributed by atoms with Crippen LogP contribution in [0.25, 0.3) is 0 Å². The van der Waals surface area contributed by atoms with Crippen molar-refractivity contribution in [3.05, 3.63) is 29.3 Å². The van der Waals surface area contributed by atoms with Crippen molar-refractivity contribution >= 4 is 17.6 Å². The molecule has 0 aliphatic carbocycles. The molecule has 1 atom stereocenters. The molecule has 1 aliphatic heterocycles. The average Bonchev–Trinajstić information content (AvgIpc) is 2.49. The van der Waals surface area contributed by atoms with Crippen LogP contribution in [0, 0.1) is 18.8 Å². The quantitative estimate of drug-likeness (QED) is 0.894. The molecule has 1 unspecified atom stereocenters. The zero-order valence-corrected chi connectivity index (χ0v) is 12.4. The number of aromatic carboxylic acids is 1. The Morgan fingerprint density at radius 2 is 2.00 bits per heavy atom. The number of hydrogen-bond donors (Lipinski definition) is 2. The fourth-order valence-corrected chi connectivity index (χ4v) is 2.57. The number of amides is 1. The number of carboxylic acids is 1. The number of aryl methyl sites for hydroxylation is 1. The van der Waals surface area contributed by atoms with Crippen molar-refractivity contribution in [3.63, 3.8) is 0 Å². The van der Waals surface area contributed by atoms with E-state index >= 15 is 0 Å². The molecule has 0 aromatic heterocycles. The molecular weight excluding hydrogens is 270 g/mol. The molecule has 2 N–H and O–H groups in total. The van der Waals surface area contributed by atoms with Gasteiger partial charge in [0.25, 0.3) is 0 Å². The summed E-state index contributed by atoms with van der Waals surface area (Å²) in [5.41, 5.74) is 1.60. The van der Waals surface area contributed by atoms with E-state index in [1.165, 1.54) is 12.1 Å². The van der Waals surface area contributed by atoms with E-state index in [1.54, 1.807) is 6.07 Å². The number of anilines is 1. The fourth-order valence-electron chi connectivity index (χ4n) is 2.57. The summed E-state index contributed by atoms with van der Waals surface area (Å²) in [5.74, 6) is -0.848. The summed E-state index contributed by atoms with van der Waals surface area (Å²) >= 11 is 0. The number of benzene rings is 1. The Balaban J connectivity index is 2.07. The molecule has 1 aromatic rings. The SMILES string of the molecule is Cc1ccc(C(=O)O)cc1NC(=O)C(C)C1CCOCC1. The predicted molar refractivity (Wildman–Crippen MR) is 79.5 cm³/mol. The van der Waals surface area contributed by atoms with E-state index in [2.05, 4.69) is 5.32 Å². The number of rotatable bonds is 4. The zero-order valence-electron chi connectivity index (χ0n) is 12.4. The first-order valence-corrected chi connectivity index (χ1v) is 7.21. The Labute approximate surface area is 124 Å². The molecule has 114 valence electrons. The Morgan fingerprint density at radius 3 is 2.62 bits per heavy atom. The van der Waals surface area contributed by atoms with Gasteiger partial charge in [-0.15, -0.1) is 0 Å². The maximum absolute atomic E-state index is 12.3. The number of carbonyl (C=O) groups is 2. The van der Waals surface area contributed by atoms with Crippen LogP contribution < -0.4 is 5.32 Å². The van der Waals surface area contributed by atoms with Gasteiger partial charge in [0.15, 0.2) is 0 Å². The van der Waals surface area contributed by atoms with Gasteiger partial charge in [-0.05, 0) is 43.4 Å². The first-order valence-electron chi connectivity index (χ1n) is 7.21. The number of nitrogens with one attached hydrogen (secondary N) is 1. The summed E-state index contributed by atoms with van der Waals surface area (Å²) in [5, 5.41) is 11.9. The third-order valence-electron chi connectivity index (χ3n) is 4.13. The lowest BCUT2D eigenvalue weighted by molar-refractivity contribution is -0.122. The summed E-state index contributed by atoms with van der Waals surface area (Å²) in [7, 11) is 0. The molecule has 0 radical (unpaired) electrons. The minimum Gasteiger partial charge on any atom is -0.478 e. The summed E-state index contributed by atoms with van der Waals surface area (Å²) in [6.07, 6.45) is 1.78. The second-order valence-corrected chi connectivity index (χ2v) is 5.56. The zero-order chi connectivity index (χ0) is 15.4. The Hall–Kier alpha value is -1.88. The van der Waals surface area contributed by atoms with E-state index < -0.39 is 5.97 Å². The van der Waals surface area contributed by atoms with Crippen molar-refractivity contribution in [1.29, 1.82) is 0 Å². The van der Waals surface area contributed by atoms with Gasteiger partial charge in [0, 0.05) is 24.8 Å². The molecular formula is C16H21NO4. The van der Waals surface area contributed by atoms with Crippen LogP contribution in [0.15, 0.2) is 18.2 Å². The maximum Gasteiger partial charge on any atom is 0.335 e. The summed E-state index contributed by atoms with van der Waals surface area (Å²) < 4.78 is 5.31. The smallest absolute Gasteiger partial charge is 0.335 e. The van der Waals surface area contributed by atoms with Gasteiger partial charge in [0.05, 0.1) is 5.56 Å².